The smallest absolute Gasteiger partial charge is 0.254 e. The summed E-state index contributed by atoms with van der Waals surface area (Å²) in [6.07, 6.45) is 5.45. The molecule has 1 aliphatic carbocycles. The number of anilines is 1. The van der Waals surface area contributed by atoms with Crippen LogP contribution in [0.5, 0.6) is 5.75 Å². The third kappa shape index (κ3) is 7.11. The number of benzene rings is 1. The summed E-state index contributed by atoms with van der Waals surface area (Å²) in [5.74, 6) is -0.0562. The Morgan fingerprint density at radius 2 is 1.97 bits per heavy atom. The van der Waals surface area contributed by atoms with E-state index in [2.05, 4.69) is 10.3 Å². The molecular weight excluding hydrogens is 415 g/mol. The summed E-state index contributed by atoms with van der Waals surface area (Å²) < 4.78 is 5.75. The molecule has 3 rings (SSSR count). The van der Waals surface area contributed by atoms with Gasteiger partial charge in [-0.2, -0.15) is 0 Å². The maximum absolute atomic E-state index is 12.9. The number of nitrogens with zero attached hydrogens (tertiary/aromatic N) is 2. The first-order valence-electron chi connectivity index (χ1n) is 9.19. The fraction of sp³-hybridized carbons (Fsp3) is 0.350. The minimum Gasteiger partial charge on any atom is -0.492 e. The van der Waals surface area contributed by atoms with E-state index in [1.165, 1.54) is 0 Å². The highest BCUT2D eigenvalue weighted by molar-refractivity contribution is 6.31. The van der Waals surface area contributed by atoms with Crippen LogP contribution in [0.15, 0.2) is 42.7 Å². The van der Waals surface area contributed by atoms with Gasteiger partial charge in [-0.15, -0.1) is 12.4 Å². The second kappa shape index (κ2) is 10.9. The minimum absolute atomic E-state index is 0. The molecular formula is C20H24Cl2N4O3. The molecule has 0 saturated heterocycles. The average Bonchev–Trinajstić information content (AvgIpc) is 3.50. The summed E-state index contributed by atoms with van der Waals surface area (Å²) in [6.45, 7) is 1.31. The van der Waals surface area contributed by atoms with Crippen molar-refractivity contribution < 1.29 is 14.3 Å². The molecule has 9 heteroatoms. The number of amides is 2. The van der Waals surface area contributed by atoms with E-state index in [1.54, 1.807) is 35.5 Å². The normalized spacial score (nSPS) is 12.6. The number of hydrogen-bond acceptors (Lipinski definition) is 5. The number of carbonyl (C=O) groups excluding carboxylic acids is 2. The standard InChI is InChI=1S/C20H23ClN4O3.ClH/c21-15-11-14(20(27)25(17-1-2-17)9-5-19(22)26)12-18(13-15)28-10-8-24-16-3-6-23-7-4-16;/h3-4,6-7,11-13,17H,1-2,5,8-10H2,(H2,22,26)(H,23,24);1H. The molecule has 0 radical (unpaired) electrons. The molecule has 0 bridgehead atoms. The van der Waals surface area contributed by atoms with Gasteiger partial charge in [0.1, 0.15) is 12.4 Å². The van der Waals surface area contributed by atoms with Gasteiger partial charge in [0, 0.05) is 54.2 Å². The van der Waals surface area contributed by atoms with Crippen molar-refractivity contribution in [3.8, 4) is 5.75 Å². The number of hydrogen-bond donors (Lipinski definition) is 2. The summed E-state index contributed by atoms with van der Waals surface area (Å²) in [4.78, 5) is 29.7. The van der Waals surface area contributed by atoms with E-state index in [1.807, 2.05) is 12.1 Å². The lowest BCUT2D eigenvalue weighted by Crippen LogP contribution is -2.35. The van der Waals surface area contributed by atoms with Crippen LogP contribution in [0, 0.1) is 0 Å². The Hall–Kier alpha value is -2.51. The molecule has 1 fully saturated rings. The second-order valence-electron chi connectivity index (χ2n) is 6.63. The Balaban J connectivity index is 0.00000300. The maximum Gasteiger partial charge on any atom is 0.254 e. The molecule has 7 nitrogen and oxygen atoms in total. The van der Waals surface area contributed by atoms with E-state index in [4.69, 9.17) is 22.1 Å². The number of nitrogens with one attached hydrogen (secondary N) is 1. The first-order valence-corrected chi connectivity index (χ1v) is 9.57. The molecule has 2 aromatic rings. The van der Waals surface area contributed by atoms with E-state index in [0.717, 1.165) is 18.5 Å². The van der Waals surface area contributed by atoms with Crippen molar-refractivity contribution in [2.24, 2.45) is 5.73 Å². The second-order valence-corrected chi connectivity index (χ2v) is 7.07. The Kier molecular flexibility index (Phi) is 8.54. The van der Waals surface area contributed by atoms with E-state index < -0.39 is 5.91 Å². The SMILES string of the molecule is Cl.NC(=O)CCN(C(=O)c1cc(Cl)cc(OCCNc2ccncc2)c1)C1CC1. The molecule has 0 atom stereocenters. The zero-order chi connectivity index (χ0) is 19.9. The van der Waals surface area contributed by atoms with Gasteiger partial charge in [-0.25, -0.2) is 0 Å². The molecule has 0 spiro atoms. The summed E-state index contributed by atoms with van der Waals surface area (Å²) >= 11 is 6.18. The van der Waals surface area contributed by atoms with Gasteiger partial charge in [0.15, 0.2) is 0 Å². The molecule has 1 heterocycles. The molecule has 1 aromatic heterocycles. The topological polar surface area (TPSA) is 97.6 Å². The molecule has 156 valence electrons. The van der Waals surface area contributed by atoms with Gasteiger partial charge < -0.3 is 20.7 Å². The zero-order valence-electron chi connectivity index (χ0n) is 15.8. The summed E-state index contributed by atoms with van der Waals surface area (Å²) in [5.41, 5.74) is 6.63. The highest BCUT2D eigenvalue weighted by atomic mass is 35.5. The molecule has 29 heavy (non-hydrogen) atoms. The predicted molar refractivity (Wildman–Crippen MR) is 115 cm³/mol. The van der Waals surface area contributed by atoms with Crippen molar-refractivity contribution in [2.75, 3.05) is 25.0 Å². The minimum atomic E-state index is -0.421. The highest BCUT2D eigenvalue weighted by Gasteiger charge is 2.33. The van der Waals surface area contributed by atoms with Gasteiger partial charge in [-0.05, 0) is 43.2 Å². The van der Waals surface area contributed by atoms with Gasteiger partial charge in [-0.3, -0.25) is 14.6 Å². The third-order valence-corrected chi connectivity index (χ3v) is 4.56. The van der Waals surface area contributed by atoms with Crippen LogP contribution in [0.25, 0.3) is 0 Å². The van der Waals surface area contributed by atoms with Crippen molar-refractivity contribution >= 4 is 41.5 Å². The molecule has 1 saturated carbocycles. The third-order valence-electron chi connectivity index (χ3n) is 4.35. The monoisotopic (exact) mass is 438 g/mol. The van der Waals surface area contributed by atoms with Crippen LogP contribution in [0.3, 0.4) is 0 Å². The highest BCUT2D eigenvalue weighted by Crippen LogP contribution is 2.30. The molecule has 1 aromatic carbocycles. The van der Waals surface area contributed by atoms with E-state index in [9.17, 15) is 9.59 Å². The first kappa shape index (κ1) is 22.8. The molecule has 3 N–H and O–H groups in total. The quantitative estimate of drug-likeness (QED) is 0.555. The molecule has 2 amide bonds. The van der Waals surface area contributed by atoms with Crippen molar-refractivity contribution in [2.45, 2.75) is 25.3 Å². The molecule has 1 aliphatic rings. The summed E-state index contributed by atoms with van der Waals surface area (Å²) in [6, 6.07) is 8.88. The van der Waals surface area contributed by atoms with Crippen molar-refractivity contribution in [3.63, 3.8) is 0 Å². The van der Waals surface area contributed by atoms with Gasteiger partial charge in [0.2, 0.25) is 5.91 Å². The number of ether oxygens (including phenoxy) is 1. The van der Waals surface area contributed by atoms with Crippen LogP contribution < -0.4 is 15.8 Å². The van der Waals surface area contributed by atoms with Crippen LogP contribution in [0.2, 0.25) is 5.02 Å². The van der Waals surface area contributed by atoms with E-state index in [0.29, 0.717) is 36.0 Å². The fourth-order valence-electron chi connectivity index (χ4n) is 2.84. The summed E-state index contributed by atoms with van der Waals surface area (Å²) in [7, 11) is 0. The largest absolute Gasteiger partial charge is 0.492 e. The van der Waals surface area contributed by atoms with Crippen molar-refractivity contribution in [3.05, 3.63) is 53.3 Å². The number of nitrogens with two attached hydrogens (primary N) is 1. The predicted octanol–water partition coefficient (Wildman–Crippen LogP) is 3.13. The Morgan fingerprint density at radius 3 is 2.62 bits per heavy atom. The van der Waals surface area contributed by atoms with Gasteiger partial charge >= 0.3 is 0 Å². The Labute approximate surface area is 181 Å². The van der Waals surface area contributed by atoms with Gasteiger partial charge in [0.25, 0.3) is 5.91 Å². The lowest BCUT2D eigenvalue weighted by Gasteiger charge is -2.22. The van der Waals surface area contributed by atoms with E-state index >= 15 is 0 Å². The van der Waals surface area contributed by atoms with Gasteiger partial charge in [0.05, 0.1) is 0 Å². The Bertz CT molecular complexity index is 832. The molecule has 0 aliphatic heterocycles. The number of rotatable bonds is 10. The zero-order valence-corrected chi connectivity index (χ0v) is 17.4. The fourth-order valence-corrected chi connectivity index (χ4v) is 3.06. The number of carbonyl (C=O) groups is 2. The maximum atomic E-state index is 12.9. The first-order chi connectivity index (χ1) is 13.5. The number of aromatic nitrogens is 1. The Morgan fingerprint density at radius 1 is 1.24 bits per heavy atom. The van der Waals surface area contributed by atoms with Crippen LogP contribution in [-0.2, 0) is 4.79 Å². The lowest BCUT2D eigenvalue weighted by atomic mass is 10.1. The van der Waals surface area contributed by atoms with Gasteiger partial charge in [-0.1, -0.05) is 11.6 Å². The number of pyridine rings is 1. The number of halogens is 2. The van der Waals surface area contributed by atoms with Crippen molar-refractivity contribution in [1.29, 1.82) is 0 Å². The van der Waals surface area contributed by atoms with E-state index in [-0.39, 0.29) is 30.8 Å². The average molecular weight is 439 g/mol. The van der Waals surface area contributed by atoms with Crippen LogP contribution in [0.1, 0.15) is 29.6 Å². The van der Waals surface area contributed by atoms with Crippen LogP contribution in [0.4, 0.5) is 5.69 Å². The lowest BCUT2D eigenvalue weighted by molar-refractivity contribution is -0.118. The van der Waals surface area contributed by atoms with Crippen LogP contribution in [-0.4, -0.2) is 47.4 Å². The molecule has 0 unspecified atom stereocenters. The summed E-state index contributed by atoms with van der Waals surface area (Å²) in [5, 5.41) is 3.64. The number of primary amides is 1. The van der Waals surface area contributed by atoms with Crippen LogP contribution >= 0.6 is 24.0 Å². The van der Waals surface area contributed by atoms with Crippen molar-refractivity contribution in [1.82, 2.24) is 9.88 Å².